The van der Waals surface area contributed by atoms with E-state index in [-0.39, 0.29) is 11.9 Å². The highest BCUT2D eigenvalue weighted by atomic mass is 16.5. The molecule has 130 valence electrons. The van der Waals surface area contributed by atoms with Crippen molar-refractivity contribution in [2.75, 3.05) is 31.6 Å². The van der Waals surface area contributed by atoms with Crippen molar-refractivity contribution in [2.45, 2.75) is 18.9 Å². The molecule has 25 heavy (non-hydrogen) atoms. The molecule has 3 heterocycles. The lowest BCUT2D eigenvalue weighted by Gasteiger charge is -2.49. The monoisotopic (exact) mass is 336 g/mol. The number of amides is 1. The summed E-state index contributed by atoms with van der Waals surface area (Å²) in [6.07, 6.45) is 2.33. The fraction of sp³-hybridized carbons (Fsp3) is 0.381. The lowest BCUT2D eigenvalue weighted by Crippen LogP contribution is -2.59. The highest BCUT2D eigenvalue weighted by Gasteiger charge is 2.40. The lowest BCUT2D eigenvalue weighted by molar-refractivity contribution is 0.0732. The van der Waals surface area contributed by atoms with Gasteiger partial charge < -0.3 is 14.5 Å². The van der Waals surface area contributed by atoms with Crippen molar-refractivity contribution < 1.29 is 9.53 Å². The van der Waals surface area contributed by atoms with E-state index in [2.05, 4.69) is 4.90 Å². The third-order valence-corrected chi connectivity index (χ3v) is 5.54. The topological polar surface area (TPSA) is 32.8 Å². The van der Waals surface area contributed by atoms with Crippen molar-refractivity contribution in [2.24, 2.45) is 5.92 Å². The van der Waals surface area contributed by atoms with Gasteiger partial charge in [0.15, 0.2) is 0 Å². The number of hydrogen-bond acceptors (Lipinski definition) is 3. The molecule has 3 aliphatic heterocycles. The molecule has 3 saturated heterocycles. The highest BCUT2D eigenvalue weighted by molar-refractivity contribution is 6.07. The Balaban J connectivity index is 1.77. The van der Waals surface area contributed by atoms with Crippen LogP contribution in [0.3, 0.4) is 0 Å². The molecule has 0 aliphatic carbocycles. The Kier molecular flexibility index (Phi) is 4.45. The van der Waals surface area contributed by atoms with Crippen LogP contribution in [-0.2, 0) is 0 Å². The summed E-state index contributed by atoms with van der Waals surface area (Å²) in [5, 5.41) is 0. The van der Waals surface area contributed by atoms with Crippen molar-refractivity contribution >= 4 is 11.6 Å². The molecule has 2 aromatic rings. The average molecular weight is 336 g/mol. The van der Waals surface area contributed by atoms with E-state index in [0.29, 0.717) is 5.92 Å². The van der Waals surface area contributed by atoms with Gasteiger partial charge in [-0.3, -0.25) is 4.79 Å². The molecule has 0 N–H and O–H groups in total. The van der Waals surface area contributed by atoms with Crippen LogP contribution in [0.5, 0.6) is 5.75 Å². The molecule has 3 aliphatic rings. The molecule has 0 aromatic heterocycles. The van der Waals surface area contributed by atoms with E-state index in [9.17, 15) is 4.79 Å². The third kappa shape index (κ3) is 3.02. The summed E-state index contributed by atoms with van der Waals surface area (Å²) in [4.78, 5) is 17.9. The summed E-state index contributed by atoms with van der Waals surface area (Å²) in [5.41, 5.74) is 1.60. The van der Waals surface area contributed by atoms with Crippen LogP contribution in [0.2, 0.25) is 0 Å². The van der Waals surface area contributed by atoms with Gasteiger partial charge in [0, 0.05) is 12.1 Å². The third-order valence-electron chi connectivity index (χ3n) is 5.54. The Morgan fingerprint density at radius 3 is 2.36 bits per heavy atom. The first-order valence-electron chi connectivity index (χ1n) is 9.02. The van der Waals surface area contributed by atoms with E-state index >= 15 is 0 Å². The van der Waals surface area contributed by atoms with Gasteiger partial charge in [-0.1, -0.05) is 30.3 Å². The van der Waals surface area contributed by atoms with Gasteiger partial charge >= 0.3 is 0 Å². The van der Waals surface area contributed by atoms with Crippen LogP contribution >= 0.6 is 0 Å². The standard InChI is InChI=1S/C21H24N2O2/c1-25-20-10-6-5-9-18(20)23(21(24)17-7-3-2-4-8-17)19-15-22-13-11-16(19)12-14-22/h2-10,16,19H,11-15H2,1H3. The van der Waals surface area contributed by atoms with Gasteiger partial charge in [0.1, 0.15) is 5.75 Å². The summed E-state index contributed by atoms with van der Waals surface area (Å²) in [5.74, 6) is 1.37. The predicted octanol–water partition coefficient (Wildman–Crippen LogP) is 3.44. The number of nitrogens with zero attached hydrogens (tertiary/aromatic N) is 2. The zero-order chi connectivity index (χ0) is 17.2. The largest absolute Gasteiger partial charge is 0.495 e. The fourth-order valence-electron chi connectivity index (χ4n) is 4.21. The van der Waals surface area contributed by atoms with Gasteiger partial charge in [0.05, 0.1) is 18.8 Å². The van der Waals surface area contributed by atoms with Crippen LogP contribution < -0.4 is 9.64 Å². The molecule has 2 aromatic carbocycles. The number of piperidine rings is 3. The predicted molar refractivity (Wildman–Crippen MR) is 99.2 cm³/mol. The molecule has 4 heteroatoms. The smallest absolute Gasteiger partial charge is 0.258 e. The second-order valence-corrected chi connectivity index (χ2v) is 6.92. The molecule has 0 spiro atoms. The Bertz CT molecular complexity index is 739. The molecule has 4 nitrogen and oxygen atoms in total. The highest BCUT2D eigenvalue weighted by Crippen LogP contribution is 2.38. The molecule has 1 atom stereocenters. The molecule has 5 rings (SSSR count). The zero-order valence-electron chi connectivity index (χ0n) is 14.6. The molecular formula is C21H24N2O2. The summed E-state index contributed by atoms with van der Waals surface area (Å²) >= 11 is 0. The first-order valence-corrected chi connectivity index (χ1v) is 9.02. The summed E-state index contributed by atoms with van der Waals surface area (Å²) < 4.78 is 5.58. The maximum atomic E-state index is 13.4. The summed E-state index contributed by atoms with van der Waals surface area (Å²) in [7, 11) is 1.67. The van der Waals surface area contributed by atoms with Gasteiger partial charge in [0.2, 0.25) is 0 Å². The van der Waals surface area contributed by atoms with Crippen LogP contribution in [-0.4, -0.2) is 43.6 Å². The lowest BCUT2D eigenvalue weighted by atomic mass is 9.82. The second kappa shape index (κ2) is 6.89. The Labute approximate surface area is 149 Å². The number of methoxy groups -OCH3 is 1. The Morgan fingerprint density at radius 1 is 1.04 bits per heavy atom. The quantitative estimate of drug-likeness (QED) is 0.857. The number of fused-ring (bicyclic) bond motifs is 3. The van der Waals surface area contributed by atoms with Crippen LogP contribution in [0.15, 0.2) is 54.6 Å². The maximum Gasteiger partial charge on any atom is 0.258 e. The number of carbonyl (C=O) groups is 1. The van der Waals surface area contributed by atoms with Gasteiger partial charge in [-0.05, 0) is 56.1 Å². The molecule has 0 saturated carbocycles. The van der Waals surface area contributed by atoms with Gasteiger partial charge in [0.25, 0.3) is 5.91 Å². The van der Waals surface area contributed by atoms with Crippen LogP contribution in [0.4, 0.5) is 5.69 Å². The minimum Gasteiger partial charge on any atom is -0.495 e. The Hall–Kier alpha value is -2.33. The van der Waals surface area contributed by atoms with E-state index in [1.54, 1.807) is 7.11 Å². The fourth-order valence-corrected chi connectivity index (χ4v) is 4.21. The minimum absolute atomic E-state index is 0.0591. The number of benzene rings is 2. The van der Waals surface area contributed by atoms with Gasteiger partial charge in [-0.15, -0.1) is 0 Å². The van der Waals surface area contributed by atoms with Crippen LogP contribution in [0, 0.1) is 5.92 Å². The van der Waals surface area contributed by atoms with Crippen molar-refractivity contribution in [1.82, 2.24) is 4.90 Å². The number of para-hydroxylation sites is 2. The van der Waals surface area contributed by atoms with Crippen molar-refractivity contribution in [1.29, 1.82) is 0 Å². The van der Waals surface area contributed by atoms with E-state index in [4.69, 9.17) is 4.74 Å². The minimum atomic E-state index is 0.0591. The molecule has 3 fully saturated rings. The van der Waals surface area contributed by atoms with E-state index in [1.165, 1.54) is 12.8 Å². The first-order chi connectivity index (χ1) is 12.3. The number of ether oxygens (including phenoxy) is 1. The average Bonchev–Trinajstić information content (AvgIpc) is 2.70. The number of hydrogen-bond donors (Lipinski definition) is 0. The van der Waals surface area contributed by atoms with Gasteiger partial charge in [-0.25, -0.2) is 0 Å². The normalized spacial score (nSPS) is 24.8. The molecule has 0 radical (unpaired) electrons. The second-order valence-electron chi connectivity index (χ2n) is 6.92. The molecule has 2 bridgehead atoms. The summed E-state index contributed by atoms with van der Waals surface area (Å²) in [6, 6.07) is 17.6. The first kappa shape index (κ1) is 16.2. The van der Waals surface area contributed by atoms with Crippen LogP contribution in [0.1, 0.15) is 23.2 Å². The van der Waals surface area contributed by atoms with Crippen LogP contribution in [0.25, 0.3) is 0 Å². The number of carbonyl (C=O) groups excluding carboxylic acids is 1. The molecule has 1 unspecified atom stereocenters. The van der Waals surface area contributed by atoms with E-state index in [1.807, 2.05) is 59.5 Å². The molecule has 1 amide bonds. The van der Waals surface area contributed by atoms with Crippen molar-refractivity contribution in [3.63, 3.8) is 0 Å². The maximum absolute atomic E-state index is 13.4. The van der Waals surface area contributed by atoms with E-state index < -0.39 is 0 Å². The number of rotatable bonds is 4. The Morgan fingerprint density at radius 2 is 1.72 bits per heavy atom. The summed E-state index contributed by atoms with van der Waals surface area (Å²) in [6.45, 7) is 3.25. The van der Waals surface area contributed by atoms with Crippen molar-refractivity contribution in [3.05, 3.63) is 60.2 Å². The molecular weight excluding hydrogens is 312 g/mol. The van der Waals surface area contributed by atoms with Gasteiger partial charge in [-0.2, -0.15) is 0 Å². The number of anilines is 1. The van der Waals surface area contributed by atoms with E-state index in [0.717, 1.165) is 36.6 Å². The zero-order valence-corrected chi connectivity index (χ0v) is 14.6. The SMILES string of the molecule is COc1ccccc1N(C(=O)c1ccccc1)C1CN2CCC1CC2. The van der Waals surface area contributed by atoms with Crippen molar-refractivity contribution in [3.8, 4) is 5.75 Å².